The van der Waals surface area contributed by atoms with E-state index in [1.807, 2.05) is 0 Å². The van der Waals surface area contributed by atoms with Gasteiger partial charge in [0.25, 0.3) is 0 Å². The Balaban J connectivity index is 2.55. The van der Waals surface area contributed by atoms with Crippen LogP contribution in [0.2, 0.25) is 0 Å². The maximum Gasteiger partial charge on any atom is 0.126 e. The van der Waals surface area contributed by atoms with Gasteiger partial charge in [0.05, 0.1) is 5.60 Å². The van der Waals surface area contributed by atoms with E-state index in [1.165, 1.54) is 50.7 Å². The van der Waals surface area contributed by atoms with E-state index in [0.29, 0.717) is 12.3 Å². The lowest BCUT2D eigenvalue weighted by molar-refractivity contribution is -0.102. The molecule has 0 aliphatic rings. The summed E-state index contributed by atoms with van der Waals surface area (Å²) in [5, 5.41) is 11.6. The van der Waals surface area contributed by atoms with Crippen LogP contribution in [0.25, 0.3) is 0 Å². The van der Waals surface area contributed by atoms with Crippen LogP contribution in [0.5, 0.6) is 0 Å². The minimum absolute atomic E-state index is 0.234. The number of aryl methyl sites for hydroxylation is 1. The van der Waals surface area contributed by atoms with Crippen LogP contribution in [0.3, 0.4) is 0 Å². The lowest BCUT2D eigenvalue weighted by Crippen LogP contribution is -2.47. The molecule has 0 spiro atoms. The third kappa shape index (κ3) is 9.04. The molecule has 1 aromatic carbocycles. The Hall–Kier alpha value is -0.960. The van der Waals surface area contributed by atoms with Gasteiger partial charge in [-0.15, -0.1) is 0 Å². The van der Waals surface area contributed by atoms with Gasteiger partial charge in [0.15, 0.2) is 0 Å². The van der Waals surface area contributed by atoms with E-state index >= 15 is 0 Å². The molecule has 0 radical (unpaired) electrons. The van der Waals surface area contributed by atoms with Crippen molar-refractivity contribution in [3.63, 3.8) is 0 Å². The zero-order valence-corrected chi connectivity index (χ0v) is 20.2. The van der Waals surface area contributed by atoms with Crippen molar-refractivity contribution in [2.75, 3.05) is 0 Å². The Morgan fingerprint density at radius 2 is 1.20 bits per heavy atom. The van der Waals surface area contributed by atoms with Crippen LogP contribution in [0, 0.1) is 29.4 Å². The molecular weight excluding hydrogens is 378 g/mol. The first kappa shape index (κ1) is 27.1. The number of rotatable bonds is 16. The van der Waals surface area contributed by atoms with Crippen molar-refractivity contribution in [3.8, 4) is 0 Å². The second kappa shape index (κ2) is 14.2. The second-order valence-corrected chi connectivity index (χ2v) is 9.83. The number of hydrogen-bond donors (Lipinski definition) is 1. The van der Waals surface area contributed by atoms with Gasteiger partial charge in [0.1, 0.15) is 11.6 Å². The summed E-state index contributed by atoms with van der Waals surface area (Å²) in [5.41, 5.74) is 0.103. The maximum atomic E-state index is 13.3. The molecule has 174 valence electrons. The fourth-order valence-electron chi connectivity index (χ4n) is 5.04. The standard InChI is InChI=1S/C27H46F2O/c1-6-7-8-9-10-13-16-24(27(30,21(2)3)22(4)5)17-14-11-12-15-23-18-25(28)20-26(29)19-23/h18-22,24,30H,6-17H2,1-5H3. The topological polar surface area (TPSA) is 20.2 Å². The van der Waals surface area contributed by atoms with Gasteiger partial charge < -0.3 is 5.11 Å². The highest BCUT2D eigenvalue weighted by atomic mass is 19.1. The largest absolute Gasteiger partial charge is 0.389 e. The van der Waals surface area contributed by atoms with Crippen LogP contribution in [0.1, 0.15) is 111 Å². The molecule has 30 heavy (non-hydrogen) atoms. The second-order valence-electron chi connectivity index (χ2n) is 9.83. The van der Waals surface area contributed by atoms with Crippen LogP contribution >= 0.6 is 0 Å². The molecule has 1 aromatic rings. The molecular formula is C27H46F2O. The van der Waals surface area contributed by atoms with E-state index in [2.05, 4.69) is 34.6 Å². The average Bonchev–Trinajstić information content (AvgIpc) is 2.67. The van der Waals surface area contributed by atoms with Gasteiger partial charge in [-0.25, -0.2) is 8.78 Å². The molecule has 0 aromatic heterocycles. The summed E-state index contributed by atoms with van der Waals surface area (Å²) in [5.74, 6) is -0.211. The molecule has 1 N–H and O–H groups in total. The lowest BCUT2D eigenvalue weighted by Gasteiger charge is -2.43. The summed E-state index contributed by atoms with van der Waals surface area (Å²) in [6, 6.07) is 3.79. The summed E-state index contributed by atoms with van der Waals surface area (Å²) >= 11 is 0. The molecule has 3 heteroatoms. The molecule has 1 unspecified atom stereocenters. The zero-order valence-electron chi connectivity index (χ0n) is 20.2. The van der Waals surface area contributed by atoms with Crippen LogP contribution in [-0.2, 0) is 6.42 Å². The molecule has 0 saturated carbocycles. The van der Waals surface area contributed by atoms with Crippen LogP contribution in [-0.4, -0.2) is 10.7 Å². The summed E-state index contributed by atoms with van der Waals surface area (Å²) in [6.45, 7) is 10.8. The molecule has 1 atom stereocenters. The highest BCUT2D eigenvalue weighted by Gasteiger charge is 2.41. The predicted molar refractivity (Wildman–Crippen MR) is 125 cm³/mol. The molecule has 1 rings (SSSR count). The molecule has 0 aliphatic carbocycles. The van der Waals surface area contributed by atoms with Gasteiger partial charge in [-0.1, -0.05) is 86.0 Å². The normalized spacial score (nSPS) is 13.4. The molecule has 1 nitrogen and oxygen atoms in total. The smallest absolute Gasteiger partial charge is 0.126 e. The lowest BCUT2D eigenvalue weighted by atomic mass is 9.68. The van der Waals surface area contributed by atoms with Crippen molar-refractivity contribution in [2.45, 2.75) is 117 Å². The summed E-state index contributed by atoms with van der Waals surface area (Å²) in [6.07, 6.45) is 13.5. The van der Waals surface area contributed by atoms with Crippen molar-refractivity contribution in [1.82, 2.24) is 0 Å². The van der Waals surface area contributed by atoms with Gasteiger partial charge in [-0.3, -0.25) is 0 Å². The van der Waals surface area contributed by atoms with E-state index in [0.717, 1.165) is 43.7 Å². The number of benzene rings is 1. The van der Waals surface area contributed by atoms with E-state index in [1.54, 1.807) is 0 Å². The third-order valence-electron chi connectivity index (χ3n) is 6.85. The molecule has 0 heterocycles. The fraction of sp³-hybridized carbons (Fsp3) is 0.778. The van der Waals surface area contributed by atoms with Crippen molar-refractivity contribution in [1.29, 1.82) is 0 Å². The summed E-state index contributed by atoms with van der Waals surface area (Å²) in [7, 11) is 0. The maximum absolute atomic E-state index is 13.3. The van der Waals surface area contributed by atoms with Crippen LogP contribution in [0.4, 0.5) is 8.78 Å². The van der Waals surface area contributed by atoms with Gasteiger partial charge in [-0.2, -0.15) is 0 Å². The van der Waals surface area contributed by atoms with Gasteiger partial charge >= 0.3 is 0 Å². The number of halogens is 2. The first-order valence-electron chi connectivity index (χ1n) is 12.4. The van der Waals surface area contributed by atoms with E-state index in [-0.39, 0.29) is 11.8 Å². The highest BCUT2D eigenvalue weighted by molar-refractivity contribution is 5.17. The van der Waals surface area contributed by atoms with E-state index in [9.17, 15) is 13.9 Å². The minimum Gasteiger partial charge on any atom is -0.389 e. The Kier molecular flexibility index (Phi) is 12.8. The monoisotopic (exact) mass is 424 g/mol. The SMILES string of the molecule is CCCCCCCCC(CCCCCc1cc(F)cc(F)c1)C(O)(C(C)C)C(C)C. The molecule has 0 amide bonds. The Labute approximate surface area is 184 Å². The van der Waals surface area contributed by atoms with Gasteiger partial charge in [0.2, 0.25) is 0 Å². The Morgan fingerprint density at radius 1 is 0.733 bits per heavy atom. The van der Waals surface area contributed by atoms with Crippen LogP contribution in [0.15, 0.2) is 18.2 Å². The first-order chi connectivity index (χ1) is 14.2. The predicted octanol–water partition coefficient (Wildman–Crippen LogP) is 8.48. The van der Waals surface area contributed by atoms with E-state index in [4.69, 9.17) is 0 Å². The Bertz CT molecular complexity index is 554. The fourth-order valence-corrected chi connectivity index (χ4v) is 5.04. The molecule has 0 bridgehead atoms. The van der Waals surface area contributed by atoms with Crippen LogP contribution < -0.4 is 0 Å². The third-order valence-corrected chi connectivity index (χ3v) is 6.85. The molecule has 0 fully saturated rings. The first-order valence-corrected chi connectivity index (χ1v) is 12.4. The highest BCUT2D eigenvalue weighted by Crippen LogP contribution is 2.39. The number of unbranched alkanes of at least 4 members (excludes halogenated alkanes) is 7. The van der Waals surface area contributed by atoms with Crippen molar-refractivity contribution >= 4 is 0 Å². The van der Waals surface area contributed by atoms with Crippen molar-refractivity contribution in [2.24, 2.45) is 17.8 Å². The number of aliphatic hydroxyl groups is 1. The van der Waals surface area contributed by atoms with Crippen molar-refractivity contribution < 1.29 is 13.9 Å². The average molecular weight is 425 g/mol. The molecule has 0 saturated heterocycles. The quantitative estimate of drug-likeness (QED) is 0.264. The minimum atomic E-state index is -0.630. The summed E-state index contributed by atoms with van der Waals surface area (Å²) in [4.78, 5) is 0. The molecule has 0 aliphatic heterocycles. The van der Waals surface area contributed by atoms with Gasteiger partial charge in [0, 0.05) is 6.07 Å². The zero-order chi connectivity index (χ0) is 22.6. The number of hydrogen-bond acceptors (Lipinski definition) is 1. The van der Waals surface area contributed by atoms with Gasteiger partial charge in [-0.05, 0) is 61.1 Å². The Morgan fingerprint density at radius 3 is 1.70 bits per heavy atom. The van der Waals surface area contributed by atoms with Crippen molar-refractivity contribution in [3.05, 3.63) is 35.4 Å². The summed E-state index contributed by atoms with van der Waals surface area (Å²) < 4.78 is 26.7. The van der Waals surface area contributed by atoms with E-state index < -0.39 is 17.2 Å².